The minimum atomic E-state index is 0.529. The smallest absolute Gasteiger partial charge is 0.299 e. The average Bonchev–Trinajstić information content (AvgIpc) is 3.01. The quantitative estimate of drug-likeness (QED) is 0.706. The van der Waals surface area contributed by atoms with Crippen molar-refractivity contribution in [1.82, 2.24) is 10.2 Å². The van der Waals surface area contributed by atoms with Crippen LogP contribution in [0.3, 0.4) is 0 Å². The standard InChI is InChI=1S/C12H8N2O2S/c1-3-9(11-5-2-6-15-11)7-10(4-1)16-12-14-13-8-17-12/h1-8H. The Morgan fingerprint density at radius 2 is 2.18 bits per heavy atom. The second-order valence-electron chi connectivity index (χ2n) is 3.31. The average molecular weight is 244 g/mol. The minimum absolute atomic E-state index is 0.529. The fourth-order valence-electron chi connectivity index (χ4n) is 1.46. The molecule has 2 aromatic heterocycles. The summed E-state index contributed by atoms with van der Waals surface area (Å²) in [6.07, 6.45) is 1.65. The summed E-state index contributed by atoms with van der Waals surface area (Å²) in [5.74, 6) is 1.53. The van der Waals surface area contributed by atoms with Crippen LogP contribution < -0.4 is 4.74 Å². The van der Waals surface area contributed by atoms with Crippen LogP contribution in [0.1, 0.15) is 0 Å². The zero-order chi connectivity index (χ0) is 11.5. The first-order chi connectivity index (χ1) is 8.42. The van der Waals surface area contributed by atoms with Crippen LogP contribution in [0.4, 0.5) is 0 Å². The van der Waals surface area contributed by atoms with Crippen molar-refractivity contribution < 1.29 is 9.15 Å². The molecule has 1 aromatic carbocycles. The van der Waals surface area contributed by atoms with E-state index < -0.39 is 0 Å². The third-order valence-electron chi connectivity index (χ3n) is 2.18. The van der Waals surface area contributed by atoms with Crippen LogP contribution in [0, 0.1) is 0 Å². The van der Waals surface area contributed by atoms with Gasteiger partial charge in [0.05, 0.1) is 6.26 Å². The summed E-state index contributed by atoms with van der Waals surface area (Å²) in [5.41, 5.74) is 2.60. The molecule has 3 rings (SSSR count). The van der Waals surface area contributed by atoms with Gasteiger partial charge in [-0.15, -0.1) is 5.10 Å². The van der Waals surface area contributed by atoms with Gasteiger partial charge in [-0.2, -0.15) is 0 Å². The van der Waals surface area contributed by atoms with Gasteiger partial charge < -0.3 is 9.15 Å². The van der Waals surface area contributed by atoms with E-state index in [0.717, 1.165) is 17.1 Å². The van der Waals surface area contributed by atoms with Gasteiger partial charge in [0.25, 0.3) is 5.19 Å². The van der Waals surface area contributed by atoms with Gasteiger partial charge in [-0.3, -0.25) is 0 Å². The lowest BCUT2D eigenvalue weighted by Gasteiger charge is -2.02. The first-order valence-electron chi connectivity index (χ1n) is 5.00. The number of ether oxygens (including phenoxy) is 1. The van der Waals surface area contributed by atoms with Crippen LogP contribution in [0.5, 0.6) is 10.9 Å². The van der Waals surface area contributed by atoms with E-state index >= 15 is 0 Å². The molecule has 0 radical (unpaired) electrons. The molecule has 0 saturated heterocycles. The molecule has 17 heavy (non-hydrogen) atoms. The lowest BCUT2D eigenvalue weighted by Crippen LogP contribution is -1.84. The predicted molar refractivity (Wildman–Crippen MR) is 64.1 cm³/mol. The Morgan fingerprint density at radius 1 is 1.18 bits per heavy atom. The summed E-state index contributed by atoms with van der Waals surface area (Å²) in [5, 5.41) is 8.07. The van der Waals surface area contributed by atoms with Crippen molar-refractivity contribution in [1.29, 1.82) is 0 Å². The molecule has 3 aromatic rings. The van der Waals surface area contributed by atoms with Crippen molar-refractivity contribution >= 4 is 11.3 Å². The van der Waals surface area contributed by atoms with Crippen molar-refractivity contribution in [3.63, 3.8) is 0 Å². The van der Waals surface area contributed by atoms with Gasteiger partial charge in [-0.1, -0.05) is 28.6 Å². The molecule has 2 heterocycles. The second-order valence-corrected chi connectivity index (χ2v) is 4.11. The molecule has 0 amide bonds. The van der Waals surface area contributed by atoms with Crippen LogP contribution in [0.2, 0.25) is 0 Å². The maximum absolute atomic E-state index is 5.56. The van der Waals surface area contributed by atoms with Crippen molar-refractivity contribution in [3.8, 4) is 22.3 Å². The minimum Gasteiger partial charge on any atom is -0.464 e. The highest BCUT2D eigenvalue weighted by molar-refractivity contribution is 7.11. The molecule has 4 nitrogen and oxygen atoms in total. The van der Waals surface area contributed by atoms with E-state index in [1.54, 1.807) is 11.8 Å². The molecule has 0 atom stereocenters. The van der Waals surface area contributed by atoms with Crippen LogP contribution in [-0.2, 0) is 0 Å². The predicted octanol–water partition coefficient (Wildman–Crippen LogP) is 3.59. The van der Waals surface area contributed by atoms with Gasteiger partial charge in [0.2, 0.25) is 0 Å². The number of hydrogen-bond donors (Lipinski definition) is 0. The van der Waals surface area contributed by atoms with E-state index in [4.69, 9.17) is 9.15 Å². The molecule has 0 bridgehead atoms. The number of furan rings is 1. The van der Waals surface area contributed by atoms with Gasteiger partial charge in [-0.25, -0.2) is 0 Å². The molecule has 0 N–H and O–H groups in total. The van der Waals surface area contributed by atoms with Gasteiger partial charge in [-0.05, 0) is 24.3 Å². The van der Waals surface area contributed by atoms with Gasteiger partial charge in [0.1, 0.15) is 17.0 Å². The summed E-state index contributed by atoms with van der Waals surface area (Å²) in [7, 11) is 0. The zero-order valence-electron chi connectivity index (χ0n) is 8.74. The van der Waals surface area contributed by atoms with E-state index in [-0.39, 0.29) is 0 Å². The maximum Gasteiger partial charge on any atom is 0.299 e. The highest BCUT2D eigenvalue weighted by Crippen LogP contribution is 2.27. The second kappa shape index (κ2) is 4.39. The highest BCUT2D eigenvalue weighted by Gasteiger charge is 2.04. The van der Waals surface area contributed by atoms with Gasteiger partial charge in [0.15, 0.2) is 0 Å². The Morgan fingerprint density at radius 3 is 2.94 bits per heavy atom. The Bertz CT molecular complexity index is 591. The Labute approximate surface area is 102 Å². The van der Waals surface area contributed by atoms with E-state index in [0.29, 0.717) is 5.19 Å². The summed E-state index contributed by atoms with van der Waals surface area (Å²) >= 11 is 1.35. The molecule has 0 saturated carbocycles. The molecule has 0 aliphatic heterocycles. The number of nitrogens with zero attached hydrogens (tertiary/aromatic N) is 2. The molecular weight excluding hydrogens is 236 g/mol. The first-order valence-corrected chi connectivity index (χ1v) is 5.88. The van der Waals surface area contributed by atoms with Crippen LogP contribution in [0.15, 0.2) is 52.6 Å². The zero-order valence-corrected chi connectivity index (χ0v) is 9.55. The molecule has 0 spiro atoms. The largest absolute Gasteiger partial charge is 0.464 e. The Hall–Kier alpha value is -2.14. The van der Waals surface area contributed by atoms with E-state index in [1.165, 1.54) is 11.3 Å². The lowest BCUT2D eigenvalue weighted by atomic mass is 10.2. The van der Waals surface area contributed by atoms with Crippen molar-refractivity contribution in [2.75, 3.05) is 0 Å². The van der Waals surface area contributed by atoms with E-state index in [1.807, 2.05) is 36.4 Å². The molecule has 84 valence electrons. The van der Waals surface area contributed by atoms with Crippen LogP contribution >= 0.6 is 11.3 Å². The Balaban J connectivity index is 1.89. The van der Waals surface area contributed by atoms with Gasteiger partial charge in [0, 0.05) is 5.56 Å². The summed E-state index contributed by atoms with van der Waals surface area (Å²) in [6, 6.07) is 11.4. The first kappa shape index (κ1) is 10.0. The van der Waals surface area contributed by atoms with Crippen molar-refractivity contribution in [3.05, 3.63) is 48.2 Å². The molecular formula is C12H8N2O2S. The lowest BCUT2D eigenvalue weighted by molar-refractivity contribution is 0.473. The Kier molecular flexibility index (Phi) is 2.59. The molecule has 0 aliphatic carbocycles. The van der Waals surface area contributed by atoms with Crippen LogP contribution in [0.25, 0.3) is 11.3 Å². The SMILES string of the molecule is c1cc(Oc2nncs2)cc(-c2ccco2)c1. The third kappa shape index (κ3) is 2.19. The van der Waals surface area contributed by atoms with Crippen molar-refractivity contribution in [2.24, 2.45) is 0 Å². The molecule has 0 unspecified atom stereocenters. The fraction of sp³-hybridized carbons (Fsp3) is 0. The number of hydrogen-bond acceptors (Lipinski definition) is 5. The highest BCUT2D eigenvalue weighted by atomic mass is 32.1. The number of rotatable bonds is 3. The molecule has 5 heteroatoms. The van der Waals surface area contributed by atoms with E-state index in [9.17, 15) is 0 Å². The third-order valence-corrected chi connectivity index (χ3v) is 2.75. The number of aromatic nitrogens is 2. The van der Waals surface area contributed by atoms with Gasteiger partial charge >= 0.3 is 0 Å². The monoisotopic (exact) mass is 244 g/mol. The number of benzene rings is 1. The van der Waals surface area contributed by atoms with Crippen molar-refractivity contribution in [2.45, 2.75) is 0 Å². The topological polar surface area (TPSA) is 48.2 Å². The van der Waals surface area contributed by atoms with Crippen LogP contribution in [-0.4, -0.2) is 10.2 Å². The summed E-state index contributed by atoms with van der Waals surface area (Å²) in [4.78, 5) is 0. The summed E-state index contributed by atoms with van der Waals surface area (Å²) in [6.45, 7) is 0. The summed E-state index contributed by atoms with van der Waals surface area (Å²) < 4.78 is 10.9. The van der Waals surface area contributed by atoms with E-state index in [2.05, 4.69) is 10.2 Å². The maximum atomic E-state index is 5.56. The fourth-order valence-corrected chi connectivity index (χ4v) is 1.89. The normalized spacial score (nSPS) is 10.4. The molecule has 0 fully saturated rings. The molecule has 0 aliphatic rings.